The zero-order chi connectivity index (χ0) is 10.3. The van der Waals surface area contributed by atoms with E-state index >= 15 is 0 Å². The van der Waals surface area contributed by atoms with Gasteiger partial charge in [0.1, 0.15) is 0 Å². The van der Waals surface area contributed by atoms with Crippen molar-refractivity contribution in [3.63, 3.8) is 0 Å². The first-order valence-corrected chi connectivity index (χ1v) is 2.61. The number of hydrogen-bond donors (Lipinski definition) is 0. The standard InChI is InChI=1S/C4F6O3/c5-1-2(12-3(6,7)8)13-4(9,10)11-1. The van der Waals surface area contributed by atoms with Crippen molar-refractivity contribution in [3.8, 4) is 0 Å². The third-order valence-electron chi connectivity index (χ3n) is 0.789. The summed E-state index contributed by atoms with van der Waals surface area (Å²) in [5, 5.41) is 0. The molecule has 1 heterocycles. The molecule has 0 fully saturated rings. The maximum absolute atomic E-state index is 12.0. The van der Waals surface area contributed by atoms with Gasteiger partial charge in [-0.1, -0.05) is 0 Å². The molecule has 0 aliphatic carbocycles. The van der Waals surface area contributed by atoms with Gasteiger partial charge in [0.25, 0.3) is 0 Å². The van der Waals surface area contributed by atoms with Crippen LogP contribution in [0, 0.1) is 0 Å². The van der Waals surface area contributed by atoms with Crippen molar-refractivity contribution in [3.05, 3.63) is 12.0 Å². The van der Waals surface area contributed by atoms with E-state index in [0.29, 0.717) is 0 Å². The molecule has 0 atom stereocenters. The zero-order valence-electron chi connectivity index (χ0n) is 5.49. The van der Waals surface area contributed by atoms with Crippen LogP contribution in [0.25, 0.3) is 0 Å². The molecule has 13 heavy (non-hydrogen) atoms. The molecule has 0 bridgehead atoms. The third kappa shape index (κ3) is 2.60. The Bertz CT molecular complexity index is 243. The Morgan fingerprint density at radius 3 is 2.00 bits per heavy atom. The summed E-state index contributed by atoms with van der Waals surface area (Å²) < 4.78 is 78.4. The second kappa shape index (κ2) is 2.60. The fraction of sp³-hybridized carbons (Fsp3) is 0.500. The highest BCUT2D eigenvalue weighted by Crippen LogP contribution is 2.37. The van der Waals surface area contributed by atoms with E-state index in [1.807, 2.05) is 0 Å². The molecule has 0 saturated carbocycles. The monoisotopic (exact) mass is 210 g/mol. The number of hydrogen-bond acceptors (Lipinski definition) is 3. The molecule has 0 N–H and O–H groups in total. The molecule has 0 unspecified atom stereocenters. The molecule has 0 aromatic heterocycles. The van der Waals surface area contributed by atoms with Gasteiger partial charge in [0, 0.05) is 0 Å². The van der Waals surface area contributed by atoms with Crippen LogP contribution in [0.1, 0.15) is 0 Å². The first kappa shape index (κ1) is 9.81. The van der Waals surface area contributed by atoms with E-state index in [1.165, 1.54) is 0 Å². The van der Waals surface area contributed by atoms with E-state index in [-0.39, 0.29) is 0 Å². The predicted molar refractivity (Wildman–Crippen MR) is 22.4 cm³/mol. The minimum absolute atomic E-state index is 2.04. The average Bonchev–Trinajstić information content (AvgIpc) is 2.00. The van der Waals surface area contributed by atoms with Crippen molar-refractivity contribution in [2.45, 2.75) is 12.7 Å². The molecule has 0 amide bonds. The maximum Gasteiger partial charge on any atom is 0.590 e. The van der Waals surface area contributed by atoms with Crippen LogP contribution >= 0.6 is 0 Å². The van der Waals surface area contributed by atoms with Crippen LogP contribution in [0.5, 0.6) is 0 Å². The van der Waals surface area contributed by atoms with E-state index in [0.717, 1.165) is 0 Å². The number of rotatable bonds is 1. The van der Waals surface area contributed by atoms with Gasteiger partial charge in [0.2, 0.25) is 0 Å². The minimum atomic E-state index is -5.32. The summed E-state index contributed by atoms with van der Waals surface area (Å²) in [6.07, 6.45) is -9.79. The molecule has 9 heteroatoms. The van der Waals surface area contributed by atoms with Gasteiger partial charge in [-0.05, 0) is 0 Å². The minimum Gasteiger partial charge on any atom is -0.368 e. The van der Waals surface area contributed by atoms with E-state index < -0.39 is 24.6 Å². The average molecular weight is 210 g/mol. The van der Waals surface area contributed by atoms with Crippen molar-refractivity contribution in [2.24, 2.45) is 0 Å². The molecule has 1 aliphatic heterocycles. The van der Waals surface area contributed by atoms with Crippen LogP contribution in [0.3, 0.4) is 0 Å². The van der Waals surface area contributed by atoms with Crippen molar-refractivity contribution >= 4 is 0 Å². The summed E-state index contributed by atoms with van der Waals surface area (Å²) in [6.45, 7) is 0. The summed E-state index contributed by atoms with van der Waals surface area (Å²) in [5.74, 6) is -2.04. The first-order valence-electron chi connectivity index (χ1n) is 2.61. The molecule has 0 spiro atoms. The Morgan fingerprint density at radius 2 is 1.69 bits per heavy atom. The molecule has 0 aromatic rings. The van der Waals surface area contributed by atoms with Crippen molar-refractivity contribution in [1.29, 1.82) is 0 Å². The Kier molecular flexibility index (Phi) is 1.96. The molecular formula is C4F6O3. The second-order valence-corrected chi connectivity index (χ2v) is 1.78. The molecular weight excluding hydrogens is 210 g/mol. The smallest absolute Gasteiger partial charge is 0.368 e. The zero-order valence-corrected chi connectivity index (χ0v) is 5.49. The van der Waals surface area contributed by atoms with E-state index in [1.54, 1.807) is 0 Å². The van der Waals surface area contributed by atoms with Gasteiger partial charge in [0.15, 0.2) is 0 Å². The highest BCUT2D eigenvalue weighted by atomic mass is 19.4. The summed E-state index contributed by atoms with van der Waals surface area (Å²) in [4.78, 5) is 0. The fourth-order valence-corrected chi connectivity index (χ4v) is 0.481. The maximum atomic E-state index is 12.0. The lowest BCUT2D eigenvalue weighted by atomic mass is 10.9. The van der Waals surface area contributed by atoms with Crippen LogP contribution in [0.15, 0.2) is 12.0 Å². The molecule has 76 valence electrons. The van der Waals surface area contributed by atoms with Crippen LogP contribution in [0.4, 0.5) is 26.3 Å². The van der Waals surface area contributed by atoms with Gasteiger partial charge >= 0.3 is 24.6 Å². The Labute approximate surface area is 66.5 Å². The lowest BCUT2D eigenvalue weighted by Gasteiger charge is -2.09. The Hall–Kier alpha value is -1.28. The normalized spacial score (nSPS) is 21.1. The molecule has 3 nitrogen and oxygen atoms in total. The Morgan fingerprint density at radius 1 is 1.15 bits per heavy atom. The first-order chi connectivity index (χ1) is 5.70. The highest BCUT2D eigenvalue weighted by molar-refractivity contribution is 4.90. The highest BCUT2D eigenvalue weighted by Gasteiger charge is 2.50. The quantitative estimate of drug-likeness (QED) is 0.621. The van der Waals surface area contributed by atoms with Gasteiger partial charge in [-0.3, -0.25) is 0 Å². The van der Waals surface area contributed by atoms with Crippen molar-refractivity contribution in [2.75, 3.05) is 0 Å². The lowest BCUT2D eigenvalue weighted by Crippen LogP contribution is -2.19. The van der Waals surface area contributed by atoms with Gasteiger partial charge in [0.05, 0.1) is 0 Å². The van der Waals surface area contributed by atoms with Crippen LogP contribution in [0.2, 0.25) is 0 Å². The summed E-state index contributed by atoms with van der Waals surface area (Å²) in [5.41, 5.74) is 0. The molecule has 0 aromatic carbocycles. The largest absolute Gasteiger partial charge is 0.590 e. The van der Waals surface area contributed by atoms with Crippen LogP contribution in [-0.4, -0.2) is 12.7 Å². The number of ether oxygens (including phenoxy) is 3. The molecule has 1 rings (SSSR count). The van der Waals surface area contributed by atoms with E-state index in [4.69, 9.17) is 0 Å². The summed E-state index contributed by atoms with van der Waals surface area (Å²) in [7, 11) is 0. The fourth-order valence-electron chi connectivity index (χ4n) is 0.481. The van der Waals surface area contributed by atoms with Gasteiger partial charge < -0.3 is 14.2 Å². The van der Waals surface area contributed by atoms with E-state index in [2.05, 4.69) is 14.2 Å². The van der Waals surface area contributed by atoms with Gasteiger partial charge in [-0.2, -0.15) is 4.39 Å². The number of halogens is 6. The van der Waals surface area contributed by atoms with Crippen molar-refractivity contribution < 1.29 is 40.6 Å². The van der Waals surface area contributed by atoms with Crippen LogP contribution in [-0.2, 0) is 14.2 Å². The SMILES string of the molecule is FC1=C(OC(F)(F)F)OC(F)(F)O1. The van der Waals surface area contributed by atoms with Crippen molar-refractivity contribution in [1.82, 2.24) is 0 Å². The van der Waals surface area contributed by atoms with Gasteiger partial charge in [-0.25, -0.2) is 0 Å². The third-order valence-corrected chi connectivity index (χ3v) is 0.789. The number of alkyl halides is 5. The summed E-state index contributed by atoms with van der Waals surface area (Å²) in [6, 6.07) is -2.26. The lowest BCUT2D eigenvalue weighted by molar-refractivity contribution is -0.374. The molecule has 0 radical (unpaired) electrons. The van der Waals surface area contributed by atoms with E-state index in [9.17, 15) is 26.3 Å². The topological polar surface area (TPSA) is 27.7 Å². The summed E-state index contributed by atoms with van der Waals surface area (Å²) >= 11 is 0. The van der Waals surface area contributed by atoms with Gasteiger partial charge in [-0.15, -0.1) is 22.0 Å². The predicted octanol–water partition coefficient (Wildman–Crippen LogP) is 2.22. The molecule has 0 saturated heterocycles. The molecule has 1 aliphatic rings. The Balaban J connectivity index is 2.67. The second-order valence-electron chi connectivity index (χ2n) is 1.78. The van der Waals surface area contributed by atoms with Crippen LogP contribution < -0.4 is 0 Å².